The normalized spacial score (nSPS) is 10.7. The minimum absolute atomic E-state index is 0.227. The van der Waals surface area contributed by atoms with Crippen molar-refractivity contribution in [3.8, 4) is 0 Å². The third kappa shape index (κ3) is 1.06. The number of rotatable bonds is 1. The van der Waals surface area contributed by atoms with Crippen molar-refractivity contribution in [1.29, 1.82) is 0 Å². The summed E-state index contributed by atoms with van der Waals surface area (Å²) in [6.45, 7) is 0. The standard InChI is InChI=1S/C9H5F2NO2/c10-7-4-5-2-1-3-6(9(13)14)8(5)12(7)11/h1-4H,(H,13,14). The Labute approximate surface area is 77.1 Å². The molecular weight excluding hydrogens is 192 g/mol. The Hall–Kier alpha value is -1.91. The number of hydrogen-bond acceptors (Lipinski definition) is 1. The van der Waals surface area contributed by atoms with Gasteiger partial charge in [-0.25, -0.2) is 4.79 Å². The lowest BCUT2D eigenvalue weighted by atomic mass is 10.1. The second-order valence-corrected chi connectivity index (χ2v) is 2.80. The van der Waals surface area contributed by atoms with E-state index in [-0.39, 0.29) is 21.3 Å². The summed E-state index contributed by atoms with van der Waals surface area (Å²) in [5, 5.41) is 8.94. The number of carboxylic acids is 1. The summed E-state index contributed by atoms with van der Waals surface area (Å²) in [5.74, 6) is -2.39. The predicted octanol–water partition coefficient (Wildman–Crippen LogP) is 2.21. The van der Waals surface area contributed by atoms with Gasteiger partial charge in [-0.15, -0.1) is 4.79 Å². The van der Waals surface area contributed by atoms with Crippen LogP contribution >= 0.6 is 0 Å². The minimum Gasteiger partial charge on any atom is -0.478 e. The highest BCUT2D eigenvalue weighted by molar-refractivity contribution is 6.02. The Morgan fingerprint density at radius 1 is 1.43 bits per heavy atom. The van der Waals surface area contributed by atoms with Crippen LogP contribution in [0.25, 0.3) is 10.9 Å². The number of nitrogens with zero attached hydrogens (tertiary/aromatic N) is 1. The van der Waals surface area contributed by atoms with Crippen LogP contribution in [-0.2, 0) is 0 Å². The zero-order chi connectivity index (χ0) is 10.3. The van der Waals surface area contributed by atoms with Crippen molar-refractivity contribution in [3.05, 3.63) is 35.8 Å². The van der Waals surface area contributed by atoms with Gasteiger partial charge in [-0.1, -0.05) is 16.6 Å². The van der Waals surface area contributed by atoms with Gasteiger partial charge in [0.05, 0.1) is 11.1 Å². The van der Waals surface area contributed by atoms with Crippen molar-refractivity contribution in [2.45, 2.75) is 0 Å². The first-order valence-electron chi connectivity index (χ1n) is 3.80. The summed E-state index contributed by atoms with van der Waals surface area (Å²) in [6.07, 6.45) is 0. The predicted molar refractivity (Wildman–Crippen MR) is 45.4 cm³/mol. The lowest BCUT2D eigenvalue weighted by Crippen LogP contribution is -1.99. The van der Waals surface area contributed by atoms with Crippen LogP contribution in [0.1, 0.15) is 10.4 Å². The van der Waals surface area contributed by atoms with Crippen molar-refractivity contribution >= 4 is 16.9 Å². The highest BCUT2D eigenvalue weighted by atomic mass is 19.2. The number of carbonyl (C=O) groups is 1. The molecule has 0 saturated carbocycles. The van der Waals surface area contributed by atoms with Gasteiger partial charge < -0.3 is 5.11 Å². The molecule has 2 rings (SSSR count). The van der Waals surface area contributed by atoms with Crippen molar-refractivity contribution in [2.75, 3.05) is 0 Å². The number of aromatic carboxylic acids is 1. The van der Waals surface area contributed by atoms with Crippen LogP contribution in [0.4, 0.5) is 8.87 Å². The second-order valence-electron chi connectivity index (χ2n) is 2.80. The number of halogens is 2. The molecule has 0 atom stereocenters. The molecule has 0 aliphatic heterocycles. The van der Waals surface area contributed by atoms with Gasteiger partial charge in [0.15, 0.2) is 0 Å². The molecule has 0 bridgehead atoms. The molecule has 2 aromatic rings. The second kappa shape index (κ2) is 2.80. The maximum Gasteiger partial charge on any atom is 0.337 e. The maximum atomic E-state index is 13.1. The number of fused-ring (bicyclic) bond motifs is 1. The lowest BCUT2D eigenvalue weighted by Gasteiger charge is -1.97. The fourth-order valence-electron chi connectivity index (χ4n) is 1.36. The molecule has 0 fully saturated rings. The van der Waals surface area contributed by atoms with E-state index in [0.29, 0.717) is 0 Å². The topological polar surface area (TPSA) is 42.2 Å². The zero-order valence-corrected chi connectivity index (χ0v) is 6.87. The van der Waals surface area contributed by atoms with Gasteiger partial charge in [-0.2, -0.15) is 4.39 Å². The Morgan fingerprint density at radius 2 is 2.14 bits per heavy atom. The molecule has 0 radical (unpaired) electrons. The molecule has 0 unspecified atom stereocenters. The molecule has 14 heavy (non-hydrogen) atoms. The van der Waals surface area contributed by atoms with Crippen molar-refractivity contribution in [2.24, 2.45) is 0 Å². The van der Waals surface area contributed by atoms with Gasteiger partial charge in [0, 0.05) is 11.5 Å². The first kappa shape index (κ1) is 8.68. The van der Waals surface area contributed by atoms with Crippen LogP contribution in [-0.4, -0.2) is 15.9 Å². The van der Waals surface area contributed by atoms with Gasteiger partial charge in [-0.3, -0.25) is 0 Å². The molecule has 72 valence electrons. The molecule has 0 amide bonds. The third-order valence-electron chi connectivity index (χ3n) is 1.96. The SMILES string of the molecule is O=C(O)c1cccc2cc(F)n(F)c12. The summed E-state index contributed by atoms with van der Waals surface area (Å²) in [5.41, 5.74) is -0.508. The number of benzene rings is 1. The average Bonchev–Trinajstić information content (AvgIpc) is 2.43. The fraction of sp³-hybridized carbons (Fsp3) is 0. The zero-order valence-electron chi connectivity index (χ0n) is 6.87. The molecule has 0 saturated heterocycles. The molecule has 0 aliphatic carbocycles. The van der Waals surface area contributed by atoms with Crippen LogP contribution in [0.5, 0.6) is 0 Å². The Morgan fingerprint density at radius 3 is 2.79 bits per heavy atom. The summed E-state index contributed by atoms with van der Waals surface area (Å²) in [4.78, 5) is 10.4. The highest BCUT2D eigenvalue weighted by Crippen LogP contribution is 2.22. The molecule has 5 heteroatoms. The van der Waals surface area contributed by atoms with E-state index < -0.39 is 11.9 Å². The van der Waals surface area contributed by atoms with E-state index in [4.69, 9.17) is 5.11 Å². The summed E-state index contributed by atoms with van der Waals surface area (Å²) in [6, 6.07) is 5.05. The smallest absolute Gasteiger partial charge is 0.337 e. The highest BCUT2D eigenvalue weighted by Gasteiger charge is 2.15. The van der Waals surface area contributed by atoms with Crippen molar-refractivity contribution < 1.29 is 18.8 Å². The van der Waals surface area contributed by atoms with E-state index in [0.717, 1.165) is 6.07 Å². The Balaban J connectivity index is 2.91. The molecule has 1 N–H and O–H groups in total. The molecule has 1 aromatic heterocycles. The van der Waals surface area contributed by atoms with E-state index in [2.05, 4.69) is 0 Å². The fourth-order valence-corrected chi connectivity index (χ4v) is 1.36. The number of aromatic nitrogens is 1. The third-order valence-corrected chi connectivity index (χ3v) is 1.96. The molecular formula is C9H5F2NO2. The Bertz CT molecular complexity index is 519. The van der Waals surface area contributed by atoms with Gasteiger partial charge in [0.2, 0.25) is 5.95 Å². The van der Waals surface area contributed by atoms with Crippen LogP contribution in [0.15, 0.2) is 24.3 Å². The Kier molecular flexibility index (Phi) is 1.73. The number of para-hydroxylation sites is 1. The van der Waals surface area contributed by atoms with Crippen molar-refractivity contribution in [3.63, 3.8) is 0 Å². The van der Waals surface area contributed by atoms with Crippen LogP contribution in [0, 0.1) is 5.95 Å². The molecule has 1 aromatic carbocycles. The van der Waals surface area contributed by atoms with Crippen LogP contribution in [0.3, 0.4) is 0 Å². The van der Waals surface area contributed by atoms with E-state index >= 15 is 0 Å². The quantitative estimate of drug-likeness (QED) is 0.761. The lowest BCUT2D eigenvalue weighted by molar-refractivity contribution is 0.0698. The van der Waals surface area contributed by atoms with E-state index in [1.54, 1.807) is 0 Å². The molecule has 0 aliphatic rings. The molecule has 1 heterocycles. The first-order valence-corrected chi connectivity index (χ1v) is 3.80. The first-order chi connectivity index (χ1) is 6.61. The number of carboxylic acid groups (broad SMARTS) is 1. The van der Waals surface area contributed by atoms with E-state index in [1.165, 1.54) is 18.2 Å². The monoisotopic (exact) mass is 197 g/mol. The van der Waals surface area contributed by atoms with Gasteiger partial charge in [0.1, 0.15) is 0 Å². The average molecular weight is 197 g/mol. The van der Waals surface area contributed by atoms with E-state index in [1.807, 2.05) is 0 Å². The van der Waals surface area contributed by atoms with Crippen LogP contribution in [0.2, 0.25) is 0 Å². The molecule has 3 nitrogen and oxygen atoms in total. The van der Waals surface area contributed by atoms with Gasteiger partial charge in [0.25, 0.3) is 0 Å². The van der Waals surface area contributed by atoms with Gasteiger partial charge >= 0.3 is 5.97 Å². The maximum absolute atomic E-state index is 13.1. The largest absolute Gasteiger partial charge is 0.478 e. The number of hydrogen-bond donors (Lipinski definition) is 1. The summed E-state index contributed by atoms with van der Waals surface area (Å²) >= 11 is 0. The minimum atomic E-state index is -1.28. The van der Waals surface area contributed by atoms with E-state index in [9.17, 15) is 13.7 Å². The van der Waals surface area contributed by atoms with Crippen LogP contribution < -0.4 is 0 Å². The van der Waals surface area contributed by atoms with Crippen molar-refractivity contribution in [1.82, 2.24) is 4.79 Å². The summed E-state index contributed by atoms with van der Waals surface area (Å²) in [7, 11) is 0. The van der Waals surface area contributed by atoms with Gasteiger partial charge in [-0.05, 0) is 6.07 Å². The molecule has 0 spiro atoms. The summed E-state index contributed by atoms with van der Waals surface area (Å²) < 4.78 is 25.8.